The Morgan fingerprint density at radius 1 is 1.30 bits per heavy atom. The standard InChI is InChI=1S/C12H10Cl2N4OS/c1-5(6-3-15-4-6)12(19)16-9-7(13)2-8(14)10-11(9)18-20-17-10/h2,15H,3-4H2,1H3,(H,16,19). The van der Waals surface area contributed by atoms with Gasteiger partial charge in [0.05, 0.1) is 27.1 Å². The van der Waals surface area contributed by atoms with Crippen LogP contribution in [0.5, 0.6) is 0 Å². The van der Waals surface area contributed by atoms with Gasteiger partial charge in [-0.25, -0.2) is 0 Å². The predicted molar refractivity (Wildman–Crippen MR) is 82.2 cm³/mol. The van der Waals surface area contributed by atoms with Gasteiger partial charge >= 0.3 is 0 Å². The Morgan fingerprint density at radius 3 is 2.65 bits per heavy atom. The van der Waals surface area contributed by atoms with Crippen molar-refractivity contribution in [1.82, 2.24) is 5.32 Å². The number of halogens is 2. The number of nitrogens with zero attached hydrogens (tertiary/aromatic N) is 2. The first kappa shape index (κ1) is 13.8. The summed E-state index contributed by atoms with van der Waals surface area (Å²) in [6.07, 6.45) is 0. The maximum absolute atomic E-state index is 12.2. The maximum atomic E-state index is 12.2. The molecular weight excluding hydrogens is 319 g/mol. The third kappa shape index (κ3) is 2.29. The summed E-state index contributed by atoms with van der Waals surface area (Å²) >= 11 is 13.2. The molecule has 1 amide bonds. The van der Waals surface area contributed by atoms with Crippen molar-refractivity contribution in [2.75, 3.05) is 18.4 Å². The van der Waals surface area contributed by atoms with Crippen molar-refractivity contribution in [3.05, 3.63) is 27.3 Å². The number of anilines is 1. The van der Waals surface area contributed by atoms with Crippen LogP contribution in [0.25, 0.3) is 0 Å². The molecule has 1 fully saturated rings. The number of amides is 1. The van der Waals surface area contributed by atoms with Gasteiger partial charge in [-0.15, -0.1) is 0 Å². The first-order valence-corrected chi connectivity index (χ1v) is 7.37. The smallest absolute Gasteiger partial charge is 0.251 e. The SMILES string of the molecule is CC(C(=O)Nc1c(Cl)cc(Cl)c2c1N=S=N2)=C1CNC1. The van der Waals surface area contributed by atoms with Gasteiger partial charge in [-0.1, -0.05) is 23.2 Å². The molecule has 0 radical (unpaired) electrons. The zero-order valence-electron chi connectivity index (χ0n) is 10.5. The molecule has 2 aliphatic heterocycles. The van der Waals surface area contributed by atoms with Crippen molar-refractivity contribution in [2.45, 2.75) is 6.92 Å². The Hall–Kier alpha value is -1.21. The Balaban J connectivity index is 1.95. The molecule has 1 saturated heterocycles. The van der Waals surface area contributed by atoms with Gasteiger partial charge in [-0.3, -0.25) is 4.79 Å². The molecule has 8 heteroatoms. The van der Waals surface area contributed by atoms with E-state index in [0.717, 1.165) is 30.0 Å². The highest BCUT2D eigenvalue weighted by Gasteiger charge is 2.22. The molecule has 5 nitrogen and oxygen atoms in total. The quantitative estimate of drug-likeness (QED) is 0.827. The summed E-state index contributed by atoms with van der Waals surface area (Å²) in [7, 11) is 0. The van der Waals surface area contributed by atoms with E-state index in [-0.39, 0.29) is 5.91 Å². The summed E-state index contributed by atoms with van der Waals surface area (Å²) in [4.78, 5) is 12.2. The number of hydrogen-bond acceptors (Lipinski definition) is 4. The lowest BCUT2D eigenvalue weighted by Gasteiger charge is -2.21. The van der Waals surface area contributed by atoms with Crippen molar-refractivity contribution >= 4 is 57.5 Å². The van der Waals surface area contributed by atoms with Crippen LogP contribution in [0, 0.1) is 0 Å². The minimum absolute atomic E-state index is 0.181. The van der Waals surface area contributed by atoms with E-state index in [2.05, 4.69) is 19.4 Å². The summed E-state index contributed by atoms with van der Waals surface area (Å²) in [5, 5.41) is 6.69. The largest absolute Gasteiger partial charge is 0.319 e. The number of nitrogens with one attached hydrogen (secondary N) is 2. The summed E-state index contributed by atoms with van der Waals surface area (Å²) in [5.41, 5.74) is 3.32. The van der Waals surface area contributed by atoms with E-state index in [9.17, 15) is 4.79 Å². The van der Waals surface area contributed by atoms with Crippen LogP contribution in [0.4, 0.5) is 17.1 Å². The van der Waals surface area contributed by atoms with Crippen LogP contribution in [0.2, 0.25) is 10.0 Å². The topological polar surface area (TPSA) is 65.8 Å². The lowest BCUT2D eigenvalue weighted by molar-refractivity contribution is -0.112. The van der Waals surface area contributed by atoms with E-state index in [1.54, 1.807) is 13.0 Å². The van der Waals surface area contributed by atoms with E-state index < -0.39 is 0 Å². The summed E-state index contributed by atoms with van der Waals surface area (Å²) in [6, 6.07) is 1.57. The molecule has 0 bridgehead atoms. The lowest BCUT2D eigenvalue weighted by atomic mass is 10.0. The van der Waals surface area contributed by atoms with Gasteiger partial charge in [0, 0.05) is 18.7 Å². The van der Waals surface area contributed by atoms with Crippen LogP contribution < -0.4 is 10.6 Å². The molecule has 2 heterocycles. The van der Waals surface area contributed by atoms with E-state index >= 15 is 0 Å². The Bertz CT molecular complexity index is 717. The Morgan fingerprint density at radius 2 is 2.00 bits per heavy atom. The molecule has 1 aromatic rings. The number of rotatable bonds is 2. The molecule has 0 spiro atoms. The zero-order valence-corrected chi connectivity index (χ0v) is 12.8. The highest BCUT2D eigenvalue weighted by Crippen LogP contribution is 2.47. The molecule has 0 saturated carbocycles. The second-order valence-electron chi connectivity index (χ2n) is 4.46. The van der Waals surface area contributed by atoms with Crippen molar-refractivity contribution in [3.8, 4) is 0 Å². The molecule has 2 aliphatic rings. The fraction of sp³-hybridized carbons (Fsp3) is 0.250. The molecule has 0 unspecified atom stereocenters. The zero-order chi connectivity index (χ0) is 14.3. The normalized spacial score (nSPS) is 15.4. The van der Waals surface area contributed by atoms with Crippen molar-refractivity contribution < 1.29 is 4.79 Å². The first-order chi connectivity index (χ1) is 9.58. The monoisotopic (exact) mass is 328 g/mol. The van der Waals surface area contributed by atoms with Gasteiger partial charge < -0.3 is 10.6 Å². The van der Waals surface area contributed by atoms with Gasteiger partial charge in [0.25, 0.3) is 5.91 Å². The van der Waals surface area contributed by atoms with Crippen LogP contribution in [0.1, 0.15) is 6.92 Å². The third-order valence-electron chi connectivity index (χ3n) is 3.23. The minimum Gasteiger partial charge on any atom is -0.319 e. The van der Waals surface area contributed by atoms with E-state index in [1.807, 2.05) is 0 Å². The Kier molecular flexibility index (Phi) is 3.64. The summed E-state index contributed by atoms with van der Waals surface area (Å²) < 4.78 is 8.25. The van der Waals surface area contributed by atoms with Crippen molar-refractivity contribution in [3.63, 3.8) is 0 Å². The lowest BCUT2D eigenvalue weighted by Crippen LogP contribution is -2.36. The number of benzene rings is 1. The summed E-state index contributed by atoms with van der Waals surface area (Å²) in [5.74, 6) is -0.181. The minimum atomic E-state index is -0.181. The number of carbonyl (C=O) groups excluding carboxylic acids is 1. The van der Waals surface area contributed by atoms with Crippen LogP contribution in [-0.2, 0) is 16.1 Å². The number of hydrogen-bond donors (Lipinski definition) is 2. The molecule has 1 aromatic carbocycles. The van der Waals surface area contributed by atoms with E-state index in [1.165, 1.54) is 0 Å². The molecule has 0 atom stereocenters. The molecule has 0 aromatic heterocycles. The van der Waals surface area contributed by atoms with Crippen LogP contribution in [-0.4, -0.2) is 19.0 Å². The average molecular weight is 329 g/mol. The highest BCUT2D eigenvalue weighted by molar-refractivity contribution is 7.58. The van der Waals surface area contributed by atoms with E-state index in [0.29, 0.717) is 32.7 Å². The highest BCUT2D eigenvalue weighted by atomic mass is 35.5. The third-order valence-corrected chi connectivity index (χ3v) is 4.34. The van der Waals surface area contributed by atoms with Gasteiger partial charge in [0.15, 0.2) is 0 Å². The molecule has 0 aliphatic carbocycles. The molecule has 2 N–H and O–H groups in total. The molecule has 20 heavy (non-hydrogen) atoms. The first-order valence-electron chi connectivity index (χ1n) is 5.89. The van der Waals surface area contributed by atoms with Crippen molar-refractivity contribution in [1.29, 1.82) is 0 Å². The van der Waals surface area contributed by atoms with Gasteiger partial charge in [-0.2, -0.15) is 8.73 Å². The van der Waals surface area contributed by atoms with Crippen LogP contribution >= 0.6 is 23.2 Å². The van der Waals surface area contributed by atoms with E-state index in [4.69, 9.17) is 23.2 Å². The van der Waals surface area contributed by atoms with Crippen LogP contribution in [0.15, 0.2) is 25.9 Å². The van der Waals surface area contributed by atoms with Gasteiger partial charge in [0.2, 0.25) is 0 Å². The average Bonchev–Trinajstić information content (AvgIpc) is 2.81. The van der Waals surface area contributed by atoms with Gasteiger partial charge in [-0.05, 0) is 18.6 Å². The maximum Gasteiger partial charge on any atom is 0.251 e. The van der Waals surface area contributed by atoms with Crippen molar-refractivity contribution in [2.24, 2.45) is 8.73 Å². The second kappa shape index (κ2) is 5.29. The molecule has 3 rings (SSSR count). The summed E-state index contributed by atoms with van der Waals surface area (Å²) in [6.45, 7) is 3.30. The second-order valence-corrected chi connectivity index (χ2v) is 5.81. The number of fused-ring (bicyclic) bond motifs is 1. The van der Waals surface area contributed by atoms with Gasteiger partial charge in [0.1, 0.15) is 11.4 Å². The fourth-order valence-electron chi connectivity index (χ4n) is 1.88. The Labute approximate surface area is 129 Å². The number of carbonyl (C=O) groups is 1. The fourth-order valence-corrected chi connectivity index (χ4v) is 3.04. The predicted octanol–water partition coefficient (Wildman–Crippen LogP) is 3.58. The molecular formula is C12H10Cl2N4OS. The van der Waals surface area contributed by atoms with Crippen LogP contribution in [0.3, 0.4) is 0 Å². The molecule has 104 valence electrons.